The van der Waals surface area contributed by atoms with Crippen molar-refractivity contribution in [2.75, 3.05) is 11.9 Å². The second kappa shape index (κ2) is 7.97. The minimum Gasteiger partial charge on any atom is -0.325 e. The summed E-state index contributed by atoms with van der Waals surface area (Å²) in [5, 5.41) is 2.71. The van der Waals surface area contributed by atoms with E-state index in [0.717, 1.165) is 0 Å². The molecule has 6 nitrogen and oxygen atoms in total. The molecule has 0 aliphatic heterocycles. The summed E-state index contributed by atoms with van der Waals surface area (Å²) in [4.78, 5) is 23.1. The maximum atomic E-state index is 12.2. The average Bonchev–Trinajstić information content (AvgIpc) is 2.55. The van der Waals surface area contributed by atoms with Crippen LogP contribution in [0.15, 0.2) is 47.4 Å². The molecule has 25 heavy (non-hydrogen) atoms. The van der Waals surface area contributed by atoms with Gasteiger partial charge in [-0.05, 0) is 37.3 Å². The van der Waals surface area contributed by atoms with Gasteiger partial charge in [0.15, 0.2) is 5.78 Å². The highest BCUT2D eigenvalue weighted by Crippen LogP contribution is 2.24. The summed E-state index contributed by atoms with van der Waals surface area (Å²) in [7, 11) is -4.00. The molecule has 2 N–H and O–H groups in total. The first kappa shape index (κ1) is 19.4. The summed E-state index contributed by atoms with van der Waals surface area (Å²) >= 11 is 11.6. The number of sulfonamides is 1. The van der Waals surface area contributed by atoms with Crippen LogP contribution in [-0.2, 0) is 14.8 Å². The molecule has 0 fully saturated rings. The van der Waals surface area contributed by atoms with Gasteiger partial charge in [-0.15, -0.1) is 0 Å². The molecule has 0 aliphatic carbocycles. The van der Waals surface area contributed by atoms with E-state index in [4.69, 9.17) is 23.2 Å². The lowest BCUT2D eigenvalue weighted by molar-refractivity contribution is -0.115. The maximum absolute atomic E-state index is 12.2. The first-order valence-electron chi connectivity index (χ1n) is 7.04. The Morgan fingerprint density at radius 3 is 2.48 bits per heavy atom. The maximum Gasteiger partial charge on any atom is 0.242 e. The molecule has 0 spiro atoms. The third-order valence-electron chi connectivity index (χ3n) is 3.16. The van der Waals surface area contributed by atoms with Crippen molar-refractivity contribution < 1.29 is 18.0 Å². The molecule has 0 aromatic heterocycles. The van der Waals surface area contributed by atoms with E-state index in [9.17, 15) is 18.0 Å². The van der Waals surface area contributed by atoms with E-state index >= 15 is 0 Å². The van der Waals surface area contributed by atoms with Crippen molar-refractivity contribution in [1.82, 2.24) is 4.72 Å². The topological polar surface area (TPSA) is 92.3 Å². The number of amides is 1. The highest BCUT2D eigenvalue weighted by atomic mass is 35.5. The van der Waals surface area contributed by atoms with Gasteiger partial charge in [0.2, 0.25) is 15.9 Å². The first-order chi connectivity index (χ1) is 11.7. The van der Waals surface area contributed by atoms with Gasteiger partial charge in [0, 0.05) is 16.3 Å². The first-order valence-corrected chi connectivity index (χ1v) is 9.28. The Labute approximate surface area is 155 Å². The molecule has 0 saturated carbocycles. The van der Waals surface area contributed by atoms with Gasteiger partial charge in [0.1, 0.15) is 4.90 Å². The number of carbonyl (C=O) groups excluding carboxylic acids is 2. The number of benzene rings is 2. The number of rotatable bonds is 6. The van der Waals surface area contributed by atoms with Crippen LogP contribution in [0.25, 0.3) is 0 Å². The lowest BCUT2D eigenvalue weighted by Gasteiger charge is -2.10. The van der Waals surface area contributed by atoms with Crippen molar-refractivity contribution in [3.05, 3.63) is 58.1 Å². The number of hydrogen-bond donors (Lipinski definition) is 2. The summed E-state index contributed by atoms with van der Waals surface area (Å²) in [5.41, 5.74) is 0.821. The fourth-order valence-electron chi connectivity index (χ4n) is 1.94. The van der Waals surface area contributed by atoms with Gasteiger partial charge in [-0.1, -0.05) is 35.3 Å². The van der Waals surface area contributed by atoms with E-state index in [0.29, 0.717) is 11.3 Å². The van der Waals surface area contributed by atoms with Gasteiger partial charge in [-0.3, -0.25) is 9.59 Å². The van der Waals surface area contributed by atoms with Crippen LogP contribution in [0, 0.1) is 0 Å². The number of carbonyl (C=O) groups is 2. The molecular formula is C16H14Cl2N2O4S. The summed E-state index contributed by atoms with van der Waals surface area (Å²) in [6.07, 6.45) is 0. The zero-order valence-corrected chi connectivity index (χ0v) is 15.4. The monoisotopic (exact) mass is 400 g/mol. The molecule has 9 heteroatoms. The lowest BCUT2D eigenvalue weighted by atomic mass is 10.1. The molecule has 0 heterocycles. The van der Waals surface area contributed by atoms with E-state index in [-0.39, 0.29) is 20.7 Å². The quantitative estimate of drug-likeness (QED) is 0.728. The van der Waals surface area contributed by atoms with Crippen LogP contribution in [0.3, 0.4) is 0 Å². The summed E-state index contributed by atoms with van der Waals surface area (Å²) < 4.78 is 26.6. The highest BCUT2D eigenvalue weighted by Gasteiger charge is 2.19. The molecule has 0 bridgehead atoms. The second-order valence-corrected chi connectivity index (χ2v) is 7.66. The molecule has 2 rings (SSSR count). The Morgan fingerprint density at radius 2 is 1.80 bits per heavy atom. The van der Waals surface area contributed by atoms with Crippen LogP contribution in [0.1, 0.15) is 17.3 Å². The summed E-state index contributed by atoms with van der Waals surface area (Å²) in [6, 6.07) is 10.3. The van der Waals surface area contributed by atoms with Gasteiger partial charge in [0.05, 0.1) is 11.6 Å². The van der Waals surface area contributed by atoms with Crippen molar-refractivity contribution in [1.29, 1.82) is 0 Å². The number of nitrogens with one attached hydrogen (secondary N) is 2. The molecule has 1 amide bonds. The Bertz CT molecular complexity index is 929. The number of anilines is 1. The van der Waals surface area contributed by atoms with Crippen LogP contribution < -0.4 is 10.0 Å². The molecule has 0 unspecified atom stereocenters. The van der Waals surface area contributed by atoms with Crippen molar-refractivity contribution >= 4 is 50.6 Å². The summed E-state index contributed by atoms with van der Waals surface area (Å²) in [6.45, 7) is 0.902. The minimum atomic E-state index is -4.00. The predicted octanol–water partition coefficient (Wildman–Crippen LogP) is 3.11. The highest BCUT2D eigenvalue weighted by molar-refractivity contribution is 7.89. The van der Waals surface area contributed by atoms with Crippen LogP contribution in [0.2, 0.25) is 10.0 Å². The molecule has 0 radical (unpaired) electrons. The smallest absolute Gasteiger partial charge is 0.242 e. The average molecular weight is 401 g/mol. The van der Waals surface area contributed by atoms with E-state index in [1.165, 1.54) is 31.2 Å². The minimum absolute atomic E-state index is 0.00790. The van der Waals surface area contributed by atoms with Gasteiger partial charge in [0.25, 0.3) is 0 Å². The van der Waals surface area contributed by atoms with E-state index < -0.39 is 22.5 Å². The lowest BCUT2D eigenvalue weighted by Crippen LogP contribution is -2.33. The van der Waals surface area contributed by atoms with Crippen molar-refractivity contribution in [3.63, 3.8) is 0 Å². The Hall–Kier alpha value is -1.93. The van der Waals surface area contributed by atoms with Crippen molar-refractivity contribution in [2.45, 2.75) is 11.8 Å². The fraction of sp³-hybridized carbons (Fsp3) is 0.125. The van der Waals surface area contributed by atoms with Crippen LogP contribution in [-0.4, -0.2) is 26.7 Å². The Kier molecular flexibility index (Phi) is 6.18. The van der Waals surface area contributed by atoms with Crippen LogP contribution in [0.5, 0.6) is 0 Å². The van der Waals surface area contributed by atoms with Crippen molar-refractivity contribution in [3.8, 4) is 0 Å². The molecule has 2 aromatic carbocycles. The third kappa shape index (κ3) is 5.27. The fourth-order valence-corrected chi connectivity index (χ4v) is 3.69. The van der Waals surface area contributed by atoms with Crippen LogP contribution in [0.4, 0.5) is 5.69 Å². The Balaban J connectivity index is 2.05. The molecule has 0 saturated heterocycles. The number of ketones is 1. The largest absolute Gasteiger partial charge is 0.325 e. The van der Waals surface area contributed by atoms with Gasteiger partial charge < -0.3 is 5.32 Å². The number of Topliss-reactive ketones (excluding diaryl/α,β-unsaturated/α-hetero) is 1. The standard InChI is InChI=1S/C16H14Cl2N2O4S/c1-10(21)11-3-2-4-13(7-11)20-16(22)9-19-25(23,24)15-8-12(17)5-6-14(15)18/h2-8,19H,9H2,1H3,(H,20,22). The van der Waals surface area contributed by atoms with Gasteiger partial charge >= 0.3 is 0 Å². The predicted molar refractivity (Wildman–Crippen MR) is 96.7 cm³/mol. The van der Waals surface area contributed by atoms with Gasteiger partial charge in [-0.2, -0.15) is 0 Å². The zero-order valence-electron chi connectivity index (χ0n) is 13.0. The molecule has 132 valence electrons. The van der Waals surface area contributed by atoms with Crippen molar-refractivity contribution in [2.24, 2.45) is 0 Å². The SMILES string of the molecule is CC(=O)c1cccc(NC(=O)CNS(=O)(=O)c2cc(Cl)ccc2Cl)c1. The normalized spacial score (nSPS) is 11.2. The number of halogens is 2. The number of hydrogen-bond acceptors (Lipinski definition) is 4. The summed E-state index contributed by atoms with van der Waals surface area (Å²) in [5.74, 6) is -0.741. The molecule has 0 atom stereocenters. The van der Waals surface area contributed by atoms with Crippen LogP contribution >= 0.6 is 23.2 Å². The second-order valence-electron chi connectivity index (χ2n) is 5.08. The zero-order chi connectivity index (χ0) is 18.6. The molecule has 2 aromatic rings. The molecular weight excluding hydrogens is 387 g/mol. The Morgan fingerprint density at radius 1 is 1.08 bits per heavy atom. The van der Waals surface area contributed by atoms with E-state index in [1.54, 1.807) is 18.2 Å². The van der Waals surface area contributed by atoms with E-state index in [2.05, 4.69) is 10.0 Å². The van der Waals surface area contributed by atoms with E-state index in [1.807, 2.05) is 0 Å². The molecule has 0 aliphatic rings. The van der Waals surface area contributed by atoms with Gasteiger partial charge in [-0.25, -0.2) is 13.1 Å². The third-order valence-corrected chi connectivity index (χ3v) is 5.28.